The van der Waals surface area contributed by atoms with Crippen LogP contribution in [0.4, 0.5) is 0 Å². The zero-order valence-corrected chi connectivity index (χ0v) is 9.22. The summed E-state index contributed by atoms with van der Waals surface area (Å²) in [5.41, 5.74) is 6.04. The van der Waals surface area contributed by atoms with Crippen molar-refractivity contribution in [1.29, 1.82) is 0 Å². The van der Waals surface area contributed by atoms with Crippen LogP contribution in [0.2, 0.25) is 4.34 Å². The average Bonchev–Trinajstić information content (AvgIpc) is 2.73. The monoisotopic (exact) mass is 227 g/mol. The number of hydrogen-bond acceptors (Lipinski definition) is 3. The highest BCUT2D eigenvalue weighted by Gasteiger charge is 2.14. The van der Waals surface area contributed by atoms with Crippen molar-refractivity contribution in [2.45, 2.75) is 6.04 Å². The predicted octanol–water partition coefficient (Wildman–Crippen LogP) is 2.18. The third-order valence-electron chi connectivity index (χ3n) is 2.04. The second-order valence-electron chi connectivity index (χ2n) is 3.02. The first-order chi connectivity index (χ1) is 6.68. The molecule has 0 saturated carbocycles. The van der Waals surface area contributed by atoms with Crippen LogP contribution in [0.15, 0.2) is 24.5 Å². The van der Waals surface area contributed by atoms with E-state index < -0.39 is 0 Å². The maximum atomic E-state index is 6.04. The molecule has 0 aromatic carbocycles. The quantitative estimate of drug-likeness (QED) is 0.855. The minimum atomic E-state index is -0.188. The normalized spacial score (nSPS) is 13.1. The Kier molecular flexibility index (Phi) is 2.58. The summed E-state index contributed by atoms with van der Waals surface area (Å²) in [5.74, 6) is 0.850. The highest BCUT2D eigenvalue weighted by molar-refractivity contribution is 7.16. The van der Waals surface area contributed by atoms with Crippen LogP contribution in [0, 0.1) is 0 Å². The number of aryl methyl sites for hydroxylation is 1. The Morgan fingerprint density at radius 3 is 2.86 bits per heavy atom. The lowest BCUT2D eigenvalue weighted by molar-refractivity contribution is 0.726. The predicted molar refractivity (Wildman–Crippen MR) is 58.6 cm³/mol. The molecule has 0 radical (unpaired) electrons. The van der Waals surface area contributed by atoms with Gasteiger partial charge in [0, 0.05) is 24.3 Å². The topological polar surface area (TPSA) is 43.8 Å². The SMILES string of the molecule is Cn1ccnc1C(N)c1ccc(Cl)s1. The van der Waals surface area contributed by atoms with Crippen LogP contribution in [0.25, 0.3) is 0 Å². The Bertz CT molecular complexity index is 435. The third-order valence-corrected chi connectivity index (χ3v) is 3.35. The third kappa shape index (κ3) is 1.68. The summed E-state index contributed by atoms with van der Waals surface area (Å²) >= 11 is 7.33. The molecular formula is C9H10ClN3S. The van der Waals surface area contributed by atoms with Gasteiger partial charge in [0.05, 0.1) is 10.4 Å². The largest absolute Gasteiger partial charge is 0.336 e. The molecule has 5 heteroatoms. The second-order valence-corrected chi connectivity index (χ2v) is 4.76. The van der Waals surface area contributed by atoms with Crippen molar-refractivity contribution in [2.75, 3.05) is 0 Å². The fourth-order valence-corrected chi connectivity index (χ4v) is 2.36. The molecule has 0 saturated heterocycles. The zero-order chi connectivity index (χ0) is 10.1. The van der Waals surface area contributed by atoms with Crippen LogP contribution in [-0.2, 0) is 7.05 Å². The van der Waals surface area contributed by atoms with Gasteiger partial charge in [0.1, 0.15) is 5.82 Å². The van der Waals surface area contributed by atoms with Crippen molar-refractivity contribution in [3.8, 4) is 0 Å². The van der Waals surface area contributed by atoms with Gasteiger partial charge in [-0.1, -0.05) is 11.6 Å². The number of rotatable bonds is 2. The summed E-state index contributed by atoms with van der Waals surface area (Å²) in [4.78, 5) is 5.23. The Hall–Kier alpha value is -0.840. The molecule has 2 aromatic rings. The highest BCUT2D eigenvalue weighted by atomic mass is 35.5. The molecule has 2 N–H and O–H groups in total. The lowest BCUT2D eigenvalue weighted by atomic mass is 10.2. The van der Waals surface area contributed by atoms with Crippen LogP contribution in [-0.4, -0.2) is 9.55 Å². The van der Waals surface area contributed by atoms with Gasteiger partial charge in [0.2, 0.25) is 0 Å². The molecule has 2 rings (SSSR count). The fourth-order valence-electron chi connectivity index (χ4n) is 1.30. The molecule has 74 valence electrons. The van der Waals surface area contributed by atoms with E-state index in [1.165, 1.54) is 11.3 Å². The molecule has 0 aliphatic rings. The van der Waals surface area contributed by atoms with Crippen LogP contribution >= 0.6 is 22.9 Å². The number of nitrogens with zero attached hydrogens (tertiary/aromatic N) is 2. The van der Waals surface area contributed by atoms with Crippen LogP contribution in [0.5, 0.6) is 0 Å². The van der Waals surface area contributed by atoms with Crippen molar-refractivity contribution in [1.82, 2.24) is 9.55 Å². The van der Waals surface area contributed by atoms with E-state index in [0.717, 1.165) is 15.0 Å². The first-order valence-corrected chi connectivity index (χ1v) is 5.36. The van der Waals surface area contributed by atoms with Crippen molar-refractivity contribution in [3.05, 3.63) is 39.6 Å². The highest BCUT2D eigenvalue weighted by Crippen LogP contribution is 2.28. The molecule has 0 bridgehead atoms. The van der Waals surface area contributed by atoms with E-state index in [1.807, 2.05) is 29.9 Å². The molecule has 0 amide bonds. The number of hydrogen-bond donors (Lipinski definition) is 1. The van der Waals surface area contributed by atoms with Gasteiger partial charge in [-0.2, -0.15) is 0 Å². The van der Waals surface area contributed by atoms with E-state index in [0.29, 0.717) is 0 Å². The smallest absolute Gasteiger partial charge is 0.130 e. The van der Waals surface area contributed by atoms with E-state index in [2.05, 4.69) is 4.98 Å². The maximum Gasteiger partial charge on any atom is 0.130 e. The van der Waals surface area contributed by atoms with Crippen LogP contribution < -0.4 is 5.73 Å². The van der Waals surface area contributed by atoms with Gasteiger partial charge in [-0.3, -0.25) is 0 Å². The molecular weight excluding hydrogens is 218 g/mol. The zero-order valence-electron chi connectivity index (χ0n) is 7.64. The lowest BCUT2D eigenvalue weighted by Gasteiger charge is -2.08. The molecule has 1 unspecified atom stereocenters. The molecule has 14 heavy (non-hydrogen) atoms. The number of aromatic nitrogens is 2. The second kappa shape index (κ2) is 3.73. The van der Waals surface area contributed by atoms with Gasteiger partial charge in [0.25, 0.3) is 0 Å². The number of halogens is 1. The maximum absolute atomic E-state index is 6.04. The van der Waals surface area contributed by atoms with Crippen LogP contribution in [0.1, 0.15) is 16.7 Å². The Labute approximate surface area is 91.1 Å². The standard InChI is InChI=1S/C9H10ClN3S/c1-13-5-4-12-9(13)8(11)6-2-3-7(10)14-6/h2-5,8H,11H2,1H3. The van der Waals surface area contributed by atoms with E-state index >= 15 is 0 Å². The lowest BCUT2D eigenvalue weighted by Crippen LogP contribution is -2.15. The summed E-state index contributed by atoms with van der Waals surface area (Å²) in [6.07, 6.45) is 3.62. The van der Waals surface area contributed by atoms with Crippen LogP contribution in [0.3, 0.4) is 0 Å². The minimum Gasteiger partial charge on any atom is -0.336 e. The first-order valence-electron chi connectivity index (χ1n) is 4.16. The number of thiophene rings is 1. The van der Waals surface area contributed by atoms with Gasteiger partial charge < -0.3 is 10.3 Å². The van der Waals surface area contributed by atoms with E-state index in [-0.39, 0.29) is 6.04 Å². The first kappa shape index (κ1) is 9.71. The van der Waals surface area contributed by atoms with Crippen molar-refractivity contribution < 1.29 is 0 Å². The molecule has 0 spiro atoms. The Balaban J connectivity index is 2.33. The summed E-state index contributed by atoms with van der Waals surface area (Å²) in [6.45, 7) is 0. The van der Waals surface area contributed by atoms with Gasteiger partial charge in [-0.05, 0) is 12.1 Å². The van der Waals surface area contributed by atoms with Crippen molar-refractivity contribution >= 4 is 22.9 Å². The summed E-state index contributed by atoms with van der Waals surface area (Å²) in [5, 5.41) is 0. The average molecular weight is 228 g/mol. The molecule has 0 fully saturated rings. The Morgan fingerprint density at radius 1 is 1.57 bits per heavy atom. The Morgan fingerprint density at radius 2 is 2.36 bits per heavy atom. The summed E-state index contributed by atoms with van der Waals surface area (Å²) in [6, 6.07) is 3.60. The van der Waals surface area contributed by atoms with Gasteiger partial charge >= 0.3 is 0 Å². The minimum absolute atomic E-state index is 0.188. The van der Waals surface area contributed by atoms with Gasteiger partial charge in [0.15, 0.2) is 0 Å². The van der Waals surface area contributed by atoms with Crippen molar-refractivity contribution in [3.63, 3.8) is 0 Å². The van der Waals surface area contributed by atoms with Crippen molar-refractivity contribution in [2.24, 2.45) is 12.8 Å². The molecule has 1 atom stereocenters. The van der Waals surface area contributed by atoms with E-state index in [1.54, 1.807) is 6.20 Å². The van der Waals surface area contributed by atoms with Gasteiger partial charge in [-0.25, -0.2) is 4.98 Å². The molecule has 0 aliphatic heterocycles. The summed E-state index contributed by atoms with van der Waals surface area (Å²) in [7, 11) is 1.93. The number of imidazole rings is 1. The van der Waals surface area contributed by atoms with Gasteiger partial charge in [-0.15, -0.1) is 11.3 Å². The van der Waals surface area contributed by atoms with E-state index in [9.17, 15) is 0 Å². The molecule has 0 aliphatic carbocycles. The molecule has 2 heterocycles. The summed E-state index contributed by atoms with van der Waals surface area (Å²) < 4.78 is 2.67. The fraction of sp³-hybridized carbons (Fsp3) is 0.222. The number of nitrogens with two attached hydrogens (primary N) is 1. The molecule has 2 aromatic heterocycles. The molecule has 3 nitrogen and oxygen atoms in total. The van der Waals surface area contributed by atoms with E-state index in [4.69, 9.17) is 17.3 Å².